The van der Waals surface area contributed by atoms with Gasteiger partial charge in [0, 0.05) is 27.5 Å². The first-order valence-electron chi connectivity index (χ1n) is 17.1. The average molecular weight is 652 g/mol. The number of fused-ring (bicyclic) bond motifs is 5. The maximum Gasteiger partial charge on any atom is 0.164 e. The number of rotatable bonds is 5. The molecule has 0 aliphatic rings. The Morgan fingerprint density at radius 3 is 1.65 bits per heavy atom. The van der Waals surface area contributed by atoms with Crippen LogP contribution in [0.5, 0.6) is 0 Å². The highest BCUT2D eigenvalue weighted by molar-refractivity contribution is 6.17. The summed E-state index contributed by atoms with van der Waals surface area (Å²) in [6, 6.07) is 61.1. The third-order valence-electron chi connectivity index (χ3n) is 9.73. The lowest BCUT2D eigenvalue weighted by atomic mass is 9.91. The maximum atomic E-state index is 6.46. The summed E-state index contributed by atoms with van der Waals surface area (Å²) >= 11 is 0. The molecule has 238 valence electrons. The molecule has 0 atom stereocenters. The quantitative estimate of drug-likeness (QED) is 0.186. The molecule has 0 fully saturated rings. The van der Waals surface area contributed by atoms with Gasteiger partial charge < -0.3 is 4.42 Å². The van der Waals surface area contributed by atoms with Crippen molar-refractivity contribution < 1.29 is 4.42 Å². The fourth-order valence-electron chi connectivity index (χ4n) is 7.26. The highest BCUT2D eigenvalue weighted by atomic mass is 16.3. The van der Waals surface area contributed by atoms with Crippen LogP contribution in [0.15, 0.2) is 180 Å². The number of nitrogens with zero attached hydrogens (tertiary/aromatic N) is 3. The van der Waals surface area contributed by atoms with Gasteiger partial charge in [0.15, 0.2) is 17.5 Å². The van der Waals surface area contributed by atoms with Gasteiger partial charge in [-0.25, -0.2) is 15.0 Å². The average Bonchev–Trinajstić information content (AvgIpc) is 3.59. The van der Waals surface area contributed by atoms with Crippen molar-refractivity contribution >= 4 is 43.5 Å². The summed E-state index contributed by atoms with van der Waals surface area (Å²) in [6.07, 6.45) is 0. The number of aromatic nitrogens is 3. The highest BCUT2D eigenvalue weighted by Crippen LogP contribution is 2.42. The van der Waals surface area contributed by atoms with Crippen molar-refractivity contribution in [3.8, 4) is 56.4 Å². The normalized spacial score (nSPS) is 11.5. The van der Waals surface area contributed by atoms with Crippen molar-refractivity contribution in [3.05, 3.63) is 176 Å². The van der Waals surface area contributed by atoms with Gasteiger partial charge in [0.1, 0.15) is 11.2 Å². The van der Waals surface area contributed by atoms with E-state index in [2.05, 4.69) is 115 Å². The van der Waals surface area contributed by atoms with E-state index in [4.69, 9.17) is 19.4 Å². The smallest absolute Gasteiger partial charge is 0.164 e. The maximum absolute atomic E-state index is 6.46. The second-order valence-electron chi connectivity index (χ2n) is 12.8. The van der Waals surface area contributed by atoms with Crippen molar-refractivity contribution in [2.24, 2.45) is 0 Å². The predicted octanol–water partition coefficient (Wildman–Crippen LogP) is 12.4. The number of hydrogen-bond acceptors (Lipinski definition) is 4. The molecular weight excluding hydrogens is 623 g/mol. The molecule has 0 saturated carbocycles. The lowest BCUT2D eigenvalue weighted by molar-refractivity contribution is 0.669. The molecule has 0 unspecified atom stereocenters. The summed E-state index contributed by atoms with van der Waals surface area (Å²) in [5.41, 5.74) is 9.16. The molecule has 4 nitrogen and oxygen atoms in total. The molecular formula is C47H29N3O. The molecule has 8 aromatic carbocycles. The molecule has 2 heterocycles. The fraction of sp³-hybridized carbons (Fsp3) is 0. The molecule has 10 rings (SSSR count). The lowest BCUT2D eigenvalue weighted by Gasteiger charge is -2.14. The zero-order chi connectivity index (χ0) is 33.7. The van der Waals surface area contributed by atoms with Gasteiger partial charge in [0.25, 0.3) is 0 Å². The summed E-state index contributed by atoms with van der Waals surface area (Å²) in [5, 5.41) is 6.84. The predicted molar refractivity (Wildman–Crippen MR) is 209 cm³/mol. The lowest BCUT2D eigenvalue weighted by Crippen LogP contribution is -2.00. The Morgan fingerprint density at radius 2 is 0.902 bits per heavy atom. The van der Waals surface area contributed by atoms with E-state index in [0.717, 1.165) is 66.1 Å². The third kappa shape index (κ3) is 5.04. The van der Waals surface area contributed by atoms with Gasteiger partial charge in [-0.15, -0.1) is 0 Å². The molecule has 0 bridgehead atoms. The zero-order valence-corrected chi connectivity index (χ0v) is 27.5. The van der Waals surface area contributed by atoms with E-state index in [1.54, 1.807) is 0 Å². The summed E-state index contributed by atoms with van der Waals surface area (Å²) < 4.78 is 6.46. The van der Waals surface area contributed by atoms with Crippen LogP contribution in [-0.2, 0) is 0 Å². The number of hydrogen-bond donors (Lipinski definition) is 0. The summed E-state index contributed by atoms with van der Waals surface area (Å²) in [7, 11) is 0. The number of furan rings is 1. The van der Waals surface area contributed by atoms with Gasteiger partial charge in [-0.3, -0.25) is 0 Å². The summed E-state index contributed by atoms with van der Waals surface area (Å²) in [4.78, 5) is 15.0. The Balaban J connectivity index is 1.16. The van der Waals surface area contributed by atoms with Crippen LogP contribution in [0.25, 0.3) is 99.9 Å². The molecule has 2 aromatic heterocycles. The second-order valence-corrected chi connectivity index (χ2v) is 12.8. The minimum absolute atomic E-state index is 0.637. The van der Waals surface area contributed by atoms with Crippen LogP contribution in [0.1, 0.15) is 0 Å². The van der Waals surface area contributed by atoms with E-state index in [1.807, 2.05) is 60.7 Å². The van der Waals surface area contributed by atoms with Crippen LogP contribution in [0.4, 0.5) is 0 Å². The minimum Gasteiger partial charge on any atom is -0.456 e. The van der Waals surface area contributed by atoms with Crippen LogP contribution in [0.3, 0.4) is 0 Å². The summed E-state index contributed by atoms with van der Waals surface area (Å²) in [6.45, 7) is 0. The van der Waals surface area contributed by atoms with E-state index in [-0.39, 0.29) is 0 Å². The standard InChI is InChI=1S/C47H29N3O/c1-3-13-31(14-4-1)45-48-46(32-15-5-2-6-16-32)50-47(49-45)40-26-25-38(36-18-9-10-19-37(36)40)39-20-11-21-43-44(39)41-29-35(24-27-42(41)51-43)34-23-22-30-12-7-8-17-33(30)28-34/h1-29H. The SMILES string of the molecule is c1ccc(-c2nc(-c3ccccc3)nc(-c3ccc(-c4cccc5oc6ccc(-c7ccc8ccccc8c7)cc6c45)c4ccccc34)n2)cc1. The van der Waals surface area contributed by atoms with E-state index < -0.39 is 0 Å². The van der Waals surface area contributed by atoms with Gasteiger partial charge in [-0.2, -0.15) is 0 Å². The Morgan fingerprint density at radius 1 is 0.314 bits per heavy atom. The topological polar surface area (TPSA) is 51.8 Å². The second kappa shape index (κ2) is 11.9. The van der Waals surface area contributed by atoms with Crippen LogP contribution < -0.4 is 0 Å². The first-order chi connectivity index (χ1) is 25.3. The van der Waals surface area contributed by atoms with Crippen LogP contribution in [0, 0.1) is 0 Å². The van der Waals surface area contributed by atoms with Gasteiger partial charge in [-0.1, -0.05) is 146 Å². The first kappa shape index (κ1) is 29.0. The van der Waals surface area contributed by atoms with Gasteiger partial charge in [0.05, 0.1) is 0 Å². The van der Waals surface area contributed by atoms with Gasteiger partial charge in [-0.05, 0) is 74.1 Å². The van der Waals surface area contributed by atoms with Crippen molar-refractivity contribution in [1.82, 2.24) is 15.0 Å². The van der Waals surface area contributed by atoms with Gasteiger partial charge in [0.2, 0.25) is 0 Å². The Labute approximate surface area is 294 Å². The largest absolute Gasteiger partial charge is 0.456 e. The Hall–Kier alpha value is -6.91. The highest BCUT2D eigenvalue weighted by Gasteiger charge is 2.19. The molecule has 0 aliphatic carbocycles. The van der Waals surface area contributed by atoms with Gasteiger partial charge >= 0.3 is 0 Å². The van der Waals surface area contributed by atoms with Crippen molar-refractivity contribution in [3.63, 3.8) is 0 Å². The van der Waals surface area contributed by atoms with Crippen LogP contribution in [-0.4, -0.2) is 15.0 Å². The molecule has 4 heteroatoms. The fourth-order valence-corrected chi connectivity index (χ4v) is 7.26. The summed E-state index contributed by atoms with van der Waals surface area (Å²) in [5.74, 6) is 1.92. The van der Waals surface area contributed by atoms with Crippen LogP contribution >= 0.6 is 0 Å². The molecule has 0 spiro atoms. The Kier molecular flexibility index (Phi) is 6.78. The molecule has 0 N–H and O–H groups in total. The molecule has 10 aromatic rings. The van der Waals surface area contributed by atoms with Crippen molar-refractivity contribution in [2.45, 2.75) is 0 Å². The molecule has 51 heavy (non-hydrogen) atoms. The molecule has 0 radical (unpaired) electrons. The van der Waals surface area contributed by atoms with E-state index >= 15 is 0 Å². The van der Waals surface area contributed by atoms with E-state index in [9.17, 15) is 0 Å². The van der Waals surface area contributed by atoms with Crippen molar-refractivity contribution in [1.29, 1.82) is 0 Å². The molecule has 0 amide bonds. The first-order valence-corrected chi connectivity index (χ1v) is 17.1. The minimum atomic E-state index is 0.637. The van der Waals surface area contributed by atoms with E-state index in [0.29, 0.717) is 17.5 Å². The third-order valence-corrected chi connectivity index (χ3v) is 9.73. The Bertz CT molecular complexity index is 2860. The molecule has 0 aliphatic heterocycles. The van der Waals surface area contributed by atoms with E-state index in [1.165, 1.54) is 16.3 Å². The molecule has 0 saturated heterocycles. The number of benzene rings is 8. The zero-order valence-electron chi connectivity index (χ0n) is 27.5. The van der Waals surface area contributed by atoms with Crippen LogP contribution in [0.2, 0.25) is 0 Å². The monoisotopic (exact) mass is 651 g/mol. The van der Waals surface area contributed by atoms with Crippen molar-refractivity contribution in [2.75, 3.05) is 0 Å².